The van der Waals surface area contributed by atoms with Crippen molar-refractivity contribution in [2.75, 3.05) is 0 Å². The van der Waals surface area contributed by atoms with Crippen LogP contribution in [-0.2, 0) is 5.41 Å². The Kier molecular flexibility index (Phi) is 4.74. The average molecular weight is 365 g/mol. The molecule has 0 saturated carbocycles. The maximum absolute atomic E-state index is 4.86. The van der Waals surface area contributed by atoms with Crippen LogP contribution in [0, 0.1) is 0 Å². The molecule has 0 aliphatic carbocycles. The Morgan fingerprint density at radius 2 is 1.18 bits per heavy atom. The first-order chi connectivity index (χ1) is 13.5. The first-order valence-corrected chi connectivity index (χ1v) is 9.46. The van der Waals surface area contributed by atoms with Crippen LogP contribution in [0.4, 0.5) is 0 Å². The molecule has 2 heterocycles. The van der Waals surface area contributed by atoms with Gasteiger partial charge in [-0.3, -0.25) is 4.98 Å². The Labute approximate surface area is 166 Å². The van der Waals surface area contributed by atoms with Crippen LogP contribution >= 0.6 is 0 Å². The fourth-order valence-corrected chi connectivity index (χ4v) is 3.12. The fourth-order valence-electron chi connectivity index (χ4n) is 3.12. The lowest BCUT2D eigenvalue weighted by Gasteiger charge is -2.19. The second-order valence-electron chi connectivity index (χ2n) is 7.89. The molecule has 138 valence electrons. The Balaban J connectivity index is 1.85. The number of hydrogen-bond donors (Lipinski definition) is 0. The van der Waals surface area contributed by atoms with Gasteiger partial charge >= 0.3 is 0 Å². The number of benzene rings is 2. The molecule has 0 aliphatic heterocycles. The summed E-state index contributed by atoms with van der Waals surface area (Å²) in [5.74, 6) is 0.730. The standard InChI is InChI=1S/C25H23N3/c1-25(2,3)21-11-9-20(10-12-21)24-27-22(18-7-5-4-6-8-18)17-23(28-24)19-13-15-26-16-14-19/h4-17H,1-3H3. The van der Waals surface area contributed by atoms with E-state index in [2.05, 4.69) is 62.2 Å². The number of nitrogens with zero attached hydrogens (tertiary/aromatic N) is 3. The van der Waals surface area contributed by atoms with Crippen molar-refractivity contribution in [1.29, 1.82) is 0 Å². The lowest BCUT2D eigenvalue weighted by atomic mass is 9.86. The van der Waals surface area contributed by atoms with E-state index in [1.54, 1.807) is 12.4 Å². The second kappa shape index (κ2) is 7.35. The van der Waals surface area contributed by atoms with Crippen LogP contribution in [0.1, 0.15) is 26.3 Å². The van der Waals surface area contributed by atoms with Crippen LogP contribution in [0.2, 0.25) is 0 Å². The zero-order valence-corrected chi connectivity index (χ0v) is 16.4. The van der Waals surface area contributed by atoms with Gasteiger partial charge in [-0.1, -0.05) is 75.4 Å². The Bertz CT molecular complexity index is 1010. The quantitative estimate of drug-likeness (QED) is 0.436. The van der Waals surface area contributed by atoms with Gasteiger partial charge in [0.25, 0.3) is 0 Å². The minimum atomic E-state index is 0.119. The molecule has 0 aliphatic rings. The molecule has 4 aromatic rings. The molecule has 2 aromatic carbocycles. The largest absolute Gasteiger partial charge is 0.265 e. The normalized spacial score (nSPS) is 11.4. The van der Waals surface area contributed by atoms with Crippen LogP contribution < -0.4 is 0 Å². The Morgan fingerprint density at radius 3 is 1.75 bits per heavy atom. The molecule has 2 aromatic heterocycles. The number of aromatic nitrogens is 3. The number of rotatable bonds is 3. The monoisotopic (exact) mass is 365 g/mol. The topological polar surface area (TPSA) is 38.7 Å². The third-order valence-electron chi connectivity index (χ3n) is 4.78. The molecule has 0 radical (unpaired) electrons. The van der Waals surface area contributed by atoms with Crippen molar-refractivity contribution in [2.45, 2.75) is 26.2 Å². The Hall–Kier alpha value is -3.33. The minimum absolute atomic E-state index is 0.119. The fraction of sp³-hybridized carbons (Fsp3) is 0.160. The SMILES string of the molecule is CC(C)(C)c1ccc(-c2nc(-c3ccccc3)cc(-c3ccncc3)n2)cc1. The molecule has 0 N–H and O–H groups in total. The van der Waals surface area contributed by atoms with E-state index in [0.29, 0.717) is 0 Å². The van der Waals surface area contributed by atoms with Gasteiger partial charge in [0.2, 0.25) is 0 Å². The highest BCUT2D eigenvalue weighted by molar-refractivity contribution is 5.71. The van der Waals surface area contributed by atoms with E-state index in [1.807, 2.05) is 36.4 Å². The van der Waals surface area contributed by atoms with Gasteiger partial charge in [-0.15, -0.1) is 0 Å². The summed E-state index contributed by atoms with van der Waals surface area (Å²) in [6, 6.07) is 24.8. The molecular weight excluding hydrogens is 342 g/mol. The van der Waals surface area contributed by atoms with Crippen molar-refractivity contribution in [1.82, 2.24) is 15.0 Å². The summed E-state index contributed by atoms with van der Waals surface area (Å²) >= 11 is 0. The molecule has 3 nitrogen and oxygen atoms in total. The summed E-state index contributed by atoms with van der Waals surface area (Å²) < 4.78 is 0. The van der Waals surface area contributed by atoms with Crippen molar-refractivity contribution in [3.63, 3.8) is 0 Å². The van der Waals surface area contributed by atoms with Crippen molar-refractivity contribution < 1.29 is 0 Å². The lowest BCUT2D eigenvalue weighted by Crippen LogP contribution is -2.10. The van der Waals surface area contributed by atoms with Gasteiger partial charge < -0.3 is 0 Å². The van der Waals surface area contributed by atoms with Gasteiger partial charge in [0.15, 0.2) is 5.82 Å². The zero-order chi connectivity index (χ0) is 19.6. The maximum Gasteiger partial charge on any atom is 0.160 e. The lowest BCUT2D eigenvalue weighted by molar-refractivity contribution is 0.590. The number of pyridine rings is 1. The van der Waals surface area contributed by atoms with Gasteiger partial charge in [0, 0.05) is 29.1 Å². The van der Waals surface area contributed by atoms with Gasteiger partial charge in [-0.05, 0) is 29.2 Å². The molecule has 0 bridgehead atoms. The third kappa shape index (κ3) is 3.84. The van der Waals surface area contributed by atoms with E-state index in [4.69, 9.17) is 9.97 Å². The molecule has 28 heavy (non-hydrogen) atoms. The van der Waals surface area contributed by atoms with Gasteiger partial charge in [0.05, 0.1) is 11.4 Å². The molecule has 3 heteroatoms. The summed E-state index contributed by atoms with van der Waals surface area (Å²) in [5, 5.41) is 0. The summed E-state index contributed by atoms with van der Waals surface area (Å²) in [4.78, 5) is 13.8. The van der Waals surface area contributed by atoms with Gasteiger partial charge in [-0.2, -0.15) is 0 Å². The smallest absolute Gasteiger partial charge is 0.160 e. The van der Waals surface area contributed by atoms with Crippen molar-refractivity contribution >= 4 is 0 Å². The first-order valence-electron chi connectivity index (χ1n) is 9.46. The van der Waals surface area contributed by atoms with E-state index in [9.17, 15) is 0 Å². The summed E-state index contributed by atoms with van der Waals surface area (Å²) in [5.41, 5.74) is 6.34. The molecule has 0 amide bonds. The van der Waals surface area contributed by atoms with Crippen LogP contribution in [-0.4, -0.2) is 15.0 Å². The third-order valence-corrected chi connectivity index (χ3v) is 4.78. The highest BCUT2D eigenvalue weighted by Crippen LogP contribution is 2.29. The van der Waals surface area contributed by atoms with E-state index < -0.39 is 0 Å². The summed E-state index contributed by atoms with van der Waals surface area (Å²) in [6.45, 7) is 6.65. The molecule has 0 fully saturated rings. The summed E-state index contributed by atoms with van der Waals surface area (Å²) in [6.07, 6.45) is 3.58. The molecule has 0 atom stereocenters. The van der Waals surface area contributed by atoms with E-state index in [0.717, 1.165) is 33.9 Å². The zero-order valence-electron chi connectivity index (χ0n) is 16.4. The van der Waals surface area contributed by atoms with E-state index in [1.165, 1.54) is 5.56 Å². The number of hydrogen-bond acceptors (Lipinski definition) is 3. The van der Waals surface area contributed by atoms with Crippen molar-refractivity contribution in [3.8, 4) is 33.9 Å². The van der Waals surface area contributed by atoms with E-state index in [-0.39, 0.29) is 5.41 Å². The second-order valence-corrected chi connectivity index (χ2v) is 7.89. The minimum Gasteiger partial charge on any atom is -0.265 e. The molecule has 0 saturated heterocycles. The Morgan fingerprint density at radius 1 is 0.607 bits per heavy atom. The predicted octanol–water partition coefficient (Wildman–Crippen LogP) is 6.17. The van der Waals surface area contributed by atoms with Crippen LogP contribution in [0.25, 0.3) is 33.9 Å². The first kappa shape index (κ1) is 18.1. The highest BCUT2D eigenvalue weighted by atomic mass is 14.9. The molecular formula is C25H23N3. The van der Waals surface area contributed by atoms with Crippen molar-refractivity contribution in [3.05, 3.63) is 90.8 Å². The molecule has 4 rings (SSSR count). The van der Waals surface area contributed by atoms with Crippen LogP contribution in [0.5, 0.6) is 0 Å². The van der Waals surface area contributed by atoms with Gasteiger partial charge in [0.1, 0.15) is 0 Å². The summed E-state index contributed by atoms with van der Waals surface area (Å²) in [7, 11) is 0. The van der Waals surface area contributed by atoms with Crippen LogP contribution in [0.15, 0.2) is 85.2 Å². The maximum atomic E-state index is 4.86. The molecule has 0 spiro atoms. The predicted molar refractivity (Wildman–Crippen MR) is 115 cm³/mol. The van der Waals surface area contributed by atoms with E-state index >= 15 is 0 Å². The van der Waals surface area contributed by atoms with Crippen LogP contribution in [0.3, 0.4) is 0 Å². The van der Waals surface area contributed by atoms with Crippen molar-refractivity contribution in [2.24, 2.45) is 0 Å². The average Bonchev–Trinajstić information content (AvgIpc) is 2.74. The highest BCUT2D eigenvalue weighted by Gasteiger charge is 2.15. The van der Waals surface area contributed by atoms with Gasteiger partial charge in [-0.25, -0.2) is 9.97 Å². The molecule has 0 unspecified atom stereocenters.